The summed E-state index contributed by atoms with van der Waals surface area (Å²) in [5.74, 6) is 0. The van der Waals surface area contributed by atoms with Crippen LogP contribution in [-0.4, -0.2) is 16.9 Å². The third-order valence-electron chi connectivity index (χ3n) is 3.58. The number of likely N-dealkylation sites (N-methyl/N-ethyl adjacent to an activating group) is 1. The molecule has 3 rings (SSSR count). The number of hydrogen-bond acceptors (Lipinski definition) is 2. The van der Waals surface area contributed by atoms with Crippen LogP contribution in [0, 0.1) is 0 Å². The molecule has 21 heavy (non-hydrogen) atoms. The molecular formula is C18H15ClN2. The van der Waals surface area contributed by atoms with Crippen molar-refractivity contribution in [2.75, 3.05) is 7.05 Å². The minimum absolute atomic E-state index is 0.635. The lowest BCUT2D eigenvalue weighted by Crippen LogP contribution is -2.18. The molecule has 1 aliphatic rings. The Kier molecular flexibility index (Phi) is 3.63. The molecule has 0 atom stereocenters. The Morgan fingerprint density at radius 3 is 2.57 bits per heavy atom. The van der Waals surface area contributed by atoms with E-state index in [1.165, 1.54) is 0 Å². The third kappa shape index (κ3) is 2.50. The van der Waals surface area contributed by atoms with Gasteiger partial charge in [0.2, 0.25) is 0 Å². The van der Waals surface area contributed by atoms with Crippen molar-refractivity contribution in [1.29, 1.82) is 0 Å². The van der Waals surface area contributed by atoms with E-state index < -0.39 is 0 Å². The van der Waals surface area contributed by atoms with E-state index in [2.05, 4.69) is 34.7 Å². The molecule has 0 fully saturated rings. The molecule has 0 unspecified atom stereocenters. The van der Waals surface area contributed by atoms with Gasteiger partial charge in [0.25, 0.3) is 0 Å². The molecule has 0 spiro atoms. The van der Waals surface area contributed by atoms with Crippen LogP contribution in [0.25, 0.3) is 11.3 Å². The molecule has 0 radical (unpaired) electrons. The van der Waals surface area contributed by atoms with Crippen molar-refractivity contribution < 1.29 is 0 Å². The number of halogens is 1. The summed E-state index contributed by atoms with van der Waals surface area (Å²) in [5.41, 5.74) is 5.20. The summed E-state index contributed by atoms with van der Waals surface area (Å²) in [6.07, 6.45) is 7.53. The predicted octanol–water partition coefficient (Wildman–Crippen LogP) is 4.62. The first-order valence-electron chi connectivity index (χ1n) is 6.69. The average molecular weight is 295 g/mol. The van der Waals surface area contributed by atoms with Crippen molar-refractivity contribution >= 4 is 22.9 Å². The van der Waals surface area contributed by atoms with E-state index in [4.69, 9.17) is 11.6 Å². The first-order valence-corrected chi connectivity index (χ1v) is 7.06. The molecule has 0 saturated heterocycles. The van der Waals surface area contributed by atoms with E-state index in [-0.39, 0.29) is 0 Å². The van der Waals surface area contributed by atoms with Crippen LogP contribution < -0.4 is 0 Å². The average Bonchev–Trinajstić information content (AvgIpc) is 2.52. The summed E-state index contributed by atoms with van der Waals surface area (Å²) in [6, 6.07) is 12.2. The lowest BCUT2D eigenvalue weighted by molar-refractivity contribution is 0.617. The number of hydrogen-bond donors (Lipinski definition) is 0. The molecule has 2 aromatic rings. The van der Waals surface area contributed by atoms with Gasteiger partial charge in [-0.15, -0.1) is 0 Å². The first kappa shape index (κ1) is 13.7. The molecule has 3 heteroatoms. The summed E-state index contributed by atoms with van der Waals surface area (Å²) in [5, 5.41) is 0.635. The second-order valence-corrected chi connectivity index (χ2v) is 5.27. The first-order chi connectivity index (χ1) is 10.2. The fraction of sp³-hybridized carbons (Fsp3) is 0.0556. The molecule has 0 aliphatic carbocycles. The summed E-state index contributed by atoms with van der Waals surface area (Å²) in [4.78, 5) is 6.13. The Morgan fingerprint density at radius 2 is 1.86 bits per heavy atom. The SMILES string of the molecule is C=C1C=CC(c2ccccc2)=C(c2ccncc2Cl)N1C. The highest BCUT2D eigenvalue weighted by atomic mass is 35.5. The van der Waals surface area contributed by atoms with Gasteiger partial charge in [0.05, 0.1) is 10.7 Å². The number of nitrogens with zero attached hydrogens (tertiary/aromatic N) is 2. The van der Waals surface area contributed by atoms with Crippen molar-refractivity contribution in [3.63, 3.8) is 0 Å². The standard InChI is InChI=1S/C18H15ClN2/c1-13-8-9-15(14-6-4-3-5-7-14)18(21(13)2)16-10-11-20-12-17(16)19/h3-12H,1H2,2H3. The van der Waals surface area contributed by atoms with Crippen LogP contribution in [0.3, 0.4) is 0 Å². The normalized spacial score (nSPS) is 14.8. The second-order valence-electron chi connectivity index (χ2n) is 4.87. The quantitative estimate of drug-likeness (QED) is 0.803. The van der Waals surface area contributed by atoms with Crippen LogP contribution in [0.2, 0.25) is 5.02 Å². The number of aromatic nitrogens is 1. The van der Waals surface area contributed by atoms with E-state index in [0.717, 1.165) is 28.1 Å². The van der Waals surface area contributed by atoms with Gasteiger partial charge in [-0.05, 0) is 17.7 Å². The maximum Gasteiger partial charge on any atom is 0.0682 e. The van der Waals surface area contributed by atoms with E-state index in [1.807, 2.05) is 37.4 Å². The molecule has 1 aromatic heterocycles. The van der Waals surface area contributed by atoms with Gasteiger partial charge in [0.15, 0.2) is 0 Å². The van der Waals surface area contributed by atoms with Crippen LogP contribution in [0.15, 0.2) is 73.2 Å². The number of pyridine rings is 1. The van der Waals surface area contributed by atoms with Gasteiger partial charge >= 0.3 is 0 Å². The zero-order chi connectivity index (χ0) is 14.8. The van der Waals surface area contributed by atoms with Crippen LogP contribution in [0.5, 0.6) is 0 Å². The minimum atomic E-state index is 0.635. The van der Waals surface area contributed by atoms with E-state index in [1.54, 1.807) is 12.4 Å². The molecular weight excluding hydrogens is 280 g/mol. The van der Waals surface area contributed by atoms with E-state index >= 15 is 0 Å². The third-order valence-corrected chi connectivity index (χ3v) is 3.88. The highest BCUT2D eigenvalue weighted by molar-refractivity contribution is 6.32. The Bertz CT molecular complexity index is 745. The number of benzene rings is 1. The van der Waals surface area contributed by atoms with Crippen LogP contribution >= 0.6 is 11.6 Å². The highest BCUT2D eigenvalue weighted by Crippen LogP contribution is 2.37. The fourth-order valence-electron chi connectivity index (χ4n) is 2.44. The summed E-state index contributed by atoms with van der Waals surface area (Å²) >= 11 is 6.35. The van der Waals surface area contributed by atoms with Gasteiger partial charge in [-0.25, -0.2) is 0 Å². The van der Waals surface area contributed by atoms with Crippen LogP contribution in [-0.2, 0) is 0 Å². The largest absolute Gasteiger partial charge is 0.344 e. The molecule has 1 aromatic carbocycles. The molecule has 0 N–H and O–H groups in total. The number of allylic oxidation sites excluding steroid dienone is 3. The number of rotatable bonds is 2. The van der Waals surface area contributed by atoms with Crippen molar-refractivity contribution in [3.05, 3.63) is 89.4 Å². The fourth-order valence-corrected chi connectivity index (χ4v) is 2.65. The zero-order valence-electron chi connectivity index (χ0n) is 11.8. The molecule has 104 valence electrons. The lowest BCUT2D eigenvalue weighted by atomic mass is 9.96. The maximum absolute atomic E-state index is 6.35. The van der Waals surface area contributed by atoms with Gasteiger partial charge in [-0.1, -0.05) is 54.6 Å². The Labute approximate surface area is 129 Å². The Balaban J connectivity index is 2.27. The summed E-state index contributed by atoms with van der Waals surface area (Å²) in [6.45, 7) is 4.07. The molecule has 2 heterocycles. The smallest absolute Gasteiger partial charge is 0.0682 e. The molecule has 0 amide bonds. The predicted molar refractivity (Wildman–Crippen MR) is 88.5 cm³/mol. The van der Waals surface area contributed by atoms with Crippen molar-refractivity contribution in [1.82, 2.24) is 9.88 Å². The molecule has 0 saturated carbocycles. The Hall–Kier alpha value is -2.32. The van der Waals surface area contributed by atoms with E-state index in [0.29, 0.717) is 5.02 Å². The van der Waals surface area contributed by atoms with Gasteiger partial charge in [-0.2, -0.15) is 0 Å². The van der Waals surface area contributed by atoms with Crippen molar-refractivity contribution in [2.45, 2.75) is 0 Å². The van der Waals surface area contributed by atoms with Crippen molar-refractivity contribution in [2.24, 2.45) is 0 Å². The van der Waals surface area contributed by atoms with Gasteiger partial charge in [0, 0.05) is 36.3 Å². The topological polar surface area (TPSA) is 16.1 Å². The van der Waals surface area contributed by atoms with Crippen LogP contribution in [0.4, 0.5) is 0 Å². The monoisotopic (exact) mass is 294 g/mol. The van der Waals surface area contributed by atoms with Gasteiger partial charge in [0.1, 0.15) is 0 Å². The Morgan fingerprint density at radius 1 is 1.10 bits per heavy atom. The summed E-state index contributed by atoms with van der Waals surface area (Å²) in [7, 11) is 2.00. The van der Waals surface area contributed by atoms with Gasteiger partial charge < -0.3 is 4.90 Å². The van der Waals surface area contributed by atoms with Crippen LogP contribution in [0.1, 0.15) is 11.1 Å². The maximum atomic E-state index is 6.35. The summed E-state index contributed by atoms with van der Waals surface area (Å²) < 4.78 is 0. The van der Waals surface area contributed by atoms with Crippen molar-refractivity contribution in [3.8, 4) is 0 Å². The minimum Gasteiger partial charge on any atom is -0.344 e. The lowest BCUT2D eigenvalue weighted by Gasteiger charge is -2.29. The molecule has 1 aliphatic heterocycles. The highest BCUT2D eigenvalue weighted by Gasteiger charge is 2.20. The zero-order valence-corrected chi connectivity index (χ0v) is 12.5. The van der Waals surface area contributed by atoms with Gasteiger partial charge in [-0.3, -0.25) is 4.98 Å². The molecule has 2 nitrogen and oxygen atoms in total. The molecule has 0 bridgehead atoms. The second kappa shape index (κ2) is 5.58. The van der Waals surface area contributed by atoms with E-state index in [9.17, 15) is 0 Å².